The summed E-state index contributed by atoms with van der Waals surface area (Å²) in [6.07, 6.45) is 0. The molecule has 0 spiro atoms. The minimum Gasteiger partial charge on any atom is -0.357 e. The van der Waals surface area contributed by atoms with Gasteiger partial charge < -0.3 is 16.0 Å². The number of para-hydroxylation sites is 1. The summed E-state index contributed by atoms with van der Waals surface area (Å²) in [5.74, 6) is -1.71. The molecule has 0 fully saturated rings. The molecule has 0 bridgehead atoms. The second-order valence-electron chi connectivity index (χ2n) is 4.37. The summed E-state index contributed by atoms with van der Waals surface area (Å²) in [4.78, 5) is 34.3. The number of rotatable bonds is 7. The predicted octanol–water partition coefficient (Wildman–Crippen LogP) is 0.905. The van der Waals surface area contributed by atoms with Gasteiger partial charge >= 0.3 is 0 Å². The zero-order valence-corrected chi connectivity index (χ0v) is 13.1. The highest BCUT2D eigenvalue weighted by molar-refractivity contribution is 8.00. The largest absolute Gasteiger partial charge is 0.357 e. The van der Waals surface area contributed by atoms with E-state index in [1.165, 1.54) is 14.0 Å². The van der Waals surface area contributed by atoms with Crippen molar-refractivity contribution in [2.75, 3.05) is 18.1 Å². The van der Waals surface area contributed by atoms with Crippen molar-refractivity contribution in [1.82, 2.24) is 10.6 Å². The molecule has 0 heterocycles. The molecule has 22 heavy (non-hydrogen) atoms. The smallest absolute Gasteiger partial charge is 0.269 e. The lowest BCUT2D eigenvalue weighted by molar-refractivity contribution is -0.127. The Labute approximate surface area is 132 Å². The Morgan fingerprint density at radius 3 is 2.36 bits per heavy atom. The summed E-state index contributed by atoms with van der Waals surface area (Å²) >= 11 is 0.643. The van der Waals surface area contributed by atoms with E-state index in [2.05, 4.69) is 16.0 Å². The van der Waals surface area contributed by atoms with Gasteiger partial charge in [0.1, 0.15) is 6.04 Å². The van der Waals surface area contributed by atoms with Crippen LogP contribution in [0.15, 0.2) is 30.3 Å². The zero-order valence-electron chi connectivity index (χ0n) is 12.3. The molecule has 1 aromatic carbocycles. The lowest BCUT2D eigenvalue weighted by Gasteiger charge is -2.17. The fourth-order valence-corrected chi connectivity index (χ4v) is 2.39. The lowest BCUT2D eigenvalue weighted by atomic mass is 10.3. The van der Waals surface area contributed by atoms with E-state index >= 15 is 0 Å². The third-order valence-corrected chi connectivity index (χ3v) is 3.63. The summed E-state index contributed by atoms with van der Waals surface area (Å²) in [6, 6.07) is 7.59. The van der Waals surface area contributed by atoms with Crippen LogP contribution in [-0.4, -0.2) is 42.1 Å². The number of carbonyl (C=O) groups excluding carboxylic acids is 3. The Kier molecular flexibility index (Phi) is 7.38. The fourth-order valence-electron chi connectivity index (χ4n) is 1.58. The Balaban J connectivity index is 2.51. The molecule has 3 N–H and O–H groups in total. The van der Waals surface area contributed by atoms with Crippen molar-refractivity contribution in [3.63, 3.8) is 0 Å². The fraction of sp³-hybridized carbons (Fsp3) is 0.357. The number of amides is 3. The first-order valence-corrected chi connectivity index (χ1v) is 7.59. The minimum atomic E-state index is -1.85. The third-order valence-electron chi connectivity index (χ3n) is 2.60. The molecule has 0 aromatic heterocycles. The standard InChI is InChI=1S/C14H18FN3O3S/c1-9(19)17-11(13(20)16-2)8-22-12(15)14(21)18-10-6-4-3-5-7-10/h3-7,11-12H,8H2,1-2H3,(H,16,20)(H,17,19)(H,18,21)/t11-,12?/m0/s1. The average molecular weight is 327 g/mol. The van der Waals surface area contributed by atoms with Gasteiger partial charge in [-0.2, -0.15) is 0 Å². The van der Waals surface area contributed by atoms with Gasteiger partial charge in [0, 0.05) is 25.4 Å². The highest BCUT2D eigenvalue weighted by atomic mass is 32.2. The summed E-state index contributed by atoms with van der Waals surface area (Å²) in [5.41, 5.74) is -1.36. The molecule has 3 amide bonds. The second kappa shape index (κ2) is 9.04. The highest BCUT2D eigenvalue weighted by Crippen LogP contribution is 2.16. The van der Waals surface area contributed by atoms with E-state index in [9.17, 15) is 18.8 Å². The SMILES string of the molecule is CNC(=O)[C@H](CSC(F)C(=O)Nc1ccccc1)NC(C)=O. The average Bonchev–Trinajstić information content (AvgIpc) is 2.50. The van der Waals surface area contributed by atoms with Gasteiger partial charge in [-0.05, 0) is 12.1 Å². The van der Waals surface area contributed by atoms with Gasteiger partial charge in [0.05, 0.1) is 0 Å². The number of carbonyl (C=O) groups is 3. The number of hydrogen-bond donors (Lipinski definition) is 3. The highest BCUT2D eigenvalue weighted by Gasteiger charge is 2.24. The van der Waals surface area contributed by atoms with E-state index < -0.39 is 29.3 Å². The van der Waals surface area contributed by atoms with Crippen molar-refractivity contribution < 1.29 is 18.8 Å². The number of anilines is 1. The number of nitrogens with one attached hydrogen (secondary N) is 3. The van der Waals surface area contributed by atoms with Crippen LogP contribution in [0.3, 0.4) is 0 Å². The van der Waals surface area contributed by atoms with Gasteiger partial charge in [0.25, 0.3) is 5.91 Å². The first kappa shape index (κ1) is 18.0. The molecule has 1 aromatic rings. The molecule has 8 heteroatoms. The van der Waals surface area contributed by atoms with Crippen molar-refractivity contribution in [3.8, 4) is 0 Å². The molecule has 0 aliphatic rings. The van der Waals surface area contributed by atoms with Crippen LogP contribution in [0.1, 0.15) is 6.92 Å². The summed E-state index contributed by atoms with van der Waals surface area (Å²) in [6.45, 7) is 1.26. The number of halogens is 1. The monoisotopic (exact) mass is 327 g/mol. The molecule has 1 rings (SSSR count). The quantitative estimate of drug-likeness (QED) is 0.694. The van der Waals surface area contributed by atoms with Crippen LogP contribution in [0.2, 0.25) is 0 Å². The van der Waals surface area contributed by atoms with Crippen molar-refractivity contribution >= 4 is 35.2 Å². The predicted molar refractivity (Wildman–Crippen MR) is 84.1 cm³/mol. The Hall–Kier alpha value is -2.09. The maximum absolute atomic E-state index is 13.9. The number of benzene rings is 1. The van der Waals surface area contributed by atoms with Crippen LogP contribution in [0, 0.1) is 0 Å². The van der Waals surface area contributed by atoms with E-state index in [4.69, 9.17) is 0 Å². The summed E-state index contributed by atoms with van der Waals surface area (Å²) in [7, 11) is 1.41. The Morgan fingerprint density at radius 1 is 1.18 bits per heavy atom. The van der Waals surface area contributed by atoms with Gasteiger partial charge in [-0.15, -0.1) is 11.8 Å². The lowest BCUT2D eigenvalue weighted by Crippen LogP contribution is -2.47. The van der Waals surface area contributed by atoms with Gasteiger partial charge in [-0.25, -0.2) is 4.39 Å². The van der Waals surface area contributed by atoms with Gasteiger partial charge in [-0.1, -0.05) is 18.2 Å². The molecule has 120 valence electrons. The van der Waals surface area contributed by atoms with Crippen LogP contribution in [0.25, 0.3) is 0 Å². The molecular formula is C14H18FN3O3S. The van der Waals surface area contributed by atoms with Crippen LogP contribution in [0.5, 0.6) is 0 Å². The minimum absolute atomic E-state index is 0.0529. The van der Waals surface area contributed by atoms with Crippen LogP contribution in [-0.2, 0) is 14.4 Å². The first-order chi connectivity index (χ1) is 10.4. The van der Waals surface area contributed by atoms with Gasteiger partial charge in [-0.3, -0.25) is 14.4 Å². The molecule has 1 unspecified atom stereocenters. The molecule has 6 nitrogen and oxygen atoms in total. The topological polar surface area (TPSA) is 87.3 Å². The van der Waals surface area contributed by atoms with Crippen molar-refractivity contribution in [2.45, 2.75) is 18.5 Å². The van der Waals surface area contributed by atoms with Gasteiger partial charge in [0.15, 0.2) is 0 Å². The molecule has 0 aliphatic carbocycles. The third kappa shape index (κ3) is 6.13. The number of hydrogen-bond acceptors (Lipinski definition) is 4. The zero-order chi connectivity index (χ0) is 16.5. The van der Waals surface area contributed by atoms with Gasteiger partial charge in [0.2, 0.25) is 17.3 Å². The van der Waals surface area contributed by atoms with Crippen molar-refractivity contribution in [1.29, 1.82) is 0 Å². The van der Waals surface area contributed by atoms with E-state index in [-0.39, 0.29) is 5.75 Å². The van der Waals surface area contributed by atoms with Crippen molar-refractivity contribution in [2.24, 2.45) is 0 Å². The summed E-state index contributed by atoms with van der Waals surface area (Å²) < 4.78 is 13.9. The molecule has 2 atom stereocenters. The van der Waals surface area contributed by atoms with Crippen LogP contribution < -0.4 is 16.0 Å². The number of likely N-dealkylation sites (N-methyl/N-ethyl adjacent to an activating group) is 1. The number of thioether (sulfide) groups is 1. The van der Waals surface area contributed by atoms with Crippen molar-refractivity contribution in [3.05, 3.63) is 30.3 Å². The first-order valence-electron chi connectivity index (χ1n) is 6.54. The van der Waals surface area contributed by atoms with E-state index in [1.807, 2.05) is 0 Å². The van der Waals surface area contributed by atoms with E-state index in [0.717, 1.165) is 0 Å². The maximum atomic E-state index is 13.9. The number of alkyl halides is 1. The maximum Gasteiger partial charge on any atom is 0.269 e. The Morgan fingerprint density at radius 2 is 1.82 bits per heavy atom. The second-order valence-corrected chi connectivity index (χ2v) is 5.45. The molecule has 0 radical (unpaired) electrons. The molecule has 0 saturated heterocycles. The van der Waals surface area contributed by atoms with Crippen LogP contribution >= 0.6 is 11.8 Å². The Bertz CT molecular complexity index is 527. The van der Waals surface area contributed by atoms with E-state index in [1.54, 1.807) is 30.3 Å². The van der Waals surface area contributed by atoms with E-state index in [0.29, 0.717) is 17.4 Å². The normalized spacial score (nSPS) is 12.9. The molecule has 0 aliphatic heterocycles. The van der Waals surface area contributed by atoms with Crippen LogP contribution in [0.4, 0.5) is 10.1 Å². The molecular weight excluding hydrogens is 309 g/mol. The summed E-state index contributed by atoms with van der Waals surface area (Å²) in [5, 5.41) is 7.20. The molecule has 0 saturated carbocycles.